The first kappa shape index (κ1) is 8.31. The van der Waals surface area contributed by atoms with Crippen LogP contribution in [0.5, 0.6) is 0 Å². The highest BCUT2D eigenvalue weighted by atomic mass is 35.5. The van der Waals surface area contributed by atoms with Gasteiger partial charge in [-0.05, 0) is 5.92 Å². The summed E-state index contributed by atoms with van der Waals surface area (Å²) in [4.78, 5) is 0. The molecule has 3 atom stereocenters. The Labute approximate surface area is 67.7 Å². The highest BCUT2D eigenvalue weighted by molar-refractivity contribution is 5.85. The summed E-state index contributed by atoms with van der Waals surface area (Å²) in [6.07, 6.45) is 0.542. The monoisotopic (exact) mass is 163 g/mol. The Morgan fingerprint density at radius 2 is 2.20 bits per heavy atom. The van der Waals surface area contributed by atoms with Crippen molar-refractivity contribution in [1.29, 1.82) is 0 Å². The van der Waals surface area contributed by atoms with Gasteiger partial charge in [0.2, 0.25) is 0 Å². The second-order valence-corrected chi connectivity index (χ2v) is 3.17. The fourth-order valence-electron chi connectivity index (χ4n) is 1.82. The largest absolute Gasteiger partial charge is 0.376 e. The van der Waals surface area contributed by atoms with E-state index in [9.17, 15) is 0 Å². The molecule has 2 aliphatic rings. The Bertz CT molecular complexity index is 120. The average molecular weight is 164 g/mol. The second kappa shape index (κ2) is 3.07. The lowest BCUT2D eigenvalue weighted by Gasteiger charge is -2.07. The van der Waals surface area contributed by atoms with Gasteiger partial charge in [-0.1, -0.05) is 6.92 Å². The number of halogens is 1. The molecule has 0 amide bonds. The molecule has 2 saturated heterocycles. The summed E-state index contributed by atoms with van der Waals surface area (Å²) in [5.74, 6) is 1.59. The van der Waals surface area contributed by atoms with Crippen LogP contribution in [-0.2, 0) is 4.74 Å². The van der Waals surface area contributed by atoms with Crippen molar-refractivity contribution in [2.45, 2.75) is 13.0 Å². The van der Waals surface area contributed by atoms with Gasteiger partial charge in [-0.3, -0.25) is 0 Å². The molecule has 2 rings (SSSR count). The van der Waals surface area contributed by atoms with Crippen molar-refractivity contribution in [1.82, 2.24) is 5.32 Å². The molecule has 2 aliphatic heterocycles. The number of hydrogen-bond acceptors (Lipinski definition) is 2. The number of rotatable bonds is 0. The predicted molar refractivity (Wildman–Crippen MR) is 42.5 cm³/mol. The Kier molecular flexibility index (Phi) is 2.55. The SMILES string of the molecule is C[C@H]1CO[C@H]2CNC[C@H]21.Cl. The fraction of sp³-hybridized carbons (Fsp3) is 1.00. The normalized spacial score (nSPS) is 44.7. The van der Waals surface area contributed by atoms with Crippen LogP contribution in [0.3, 0.4) is 0 Å². The van der Waals surface area contributed by atoms with Gasteiger partial charge < -0.3 is 10.1 Å². The summed E-state index contributed by atoms with van der Waals surface area (Å²) >= 11 is 0. The van der Waals surface area contributed by atoms with Crippen molar-refractivity contribution in [3.05, 3.63) is 0 Å². The fourth-order valence-corrected chi connectivity index (χ4v) is 1.82. The van der Waals surface area contributed by atoms with E-state index < -0.39 is 0 Å². The van der Waals surface area contributed by atoms with E-state index >= 15 is 0 Å². The molecule has 2 heterocycles. The van der Waals surface area contributed by atoms with Gasteiger partial charge >= 0.3 is 0 Å². The van der Waals surface area contributed by atoms with Gasteiger partial charge in [-0.15, -0.1) is 12.4 Å². The van der Waals surface area contributed by atoms with E-state index in [1.807, 2.05) is 0 Å². The van der Waals surface area contributed by atoms with Crippen molar-refractivity contribution < 1.29 is 4.74 Å². The quantitative estimate of drug-likeness (QED) is 0.567. The summed E-state index contributed by atoms with van der Waals surface area (Å²) in [5.41, 5.74) is 0. The number of hydrogen-bond donors (Lipinski definition) is 1. The molecule has 2 fully saturated rings. The molecule has 0 aromatic rings. The molecule has 10 heavy (non-hydrogen) atoms. The molecule has 0 saturated carbocycles. The highest BCUT2D eigenvalue weighted by Crippen LogP contribution is 2.28. The van der Waals surface area contributed by atoms with Crippen LogP contribution in [0.25, 0.3) is 0 Å². The second-order valence-electron chi connectivity index (χ2n) is 3.17. The molecule has 0 bridgehead atoms. The lowest BCUT2D eigenvalue weighted by Crippen LogP contribution is -2.15. The molecular weight excluding hydrogens is 150 g/mol. The van der Waals surface area contributed by atoms with Crippen LogP contribution < -0.4 is 5.32 Å². The van der Waals surface area contributed by atoms with Crippen molar-refractivity contribution in [2.75, 3.05) is 19.7 Å². The zero-order valence-electron chi connectivity index (χ0n) is 6.17. The van der Waals surface area contributed by atoms with Crippen molar-refractivity contribution in [3.8, 4) is 0 Å². The molecule has 0 unspecified atom stereocenters. The van der Waals surface area contributed by atoms with E-state index in [1.165, 1.54) is 6.54 Å². The third-order valence-corrected chi connectivity index (χ3v) is 2.51. The van der Waals surface area contributed by atoms with Crippen LogP contribution in [0.15, 0.2) is 0 Å². The third-order valence-electron chi connectivity index (χ3n) is 2.51. The highest BCUT2D eigenvalue weighted by Gasteiger charge is 2.37. The lowest BCUT2D eigenvalue weighted by atomic mass is 9.95. The van der Waals surface area contributed by atoms with Gasteiger partial charge in [-0.2, -0.15) is 0 Å². The van der Waals surface area contributed by atoms with E-state index in [2.05, 4.69) is 12.2 Å². The maximum atomic E-state index is 5.53. The zero-order chi connectivity index (χ0) is 6.27. The van der Waals surface area contributed by atoms with Crippen LogP contribution in [0.4, 0.5) is 0 Å². The Morgan fingerprint density at radius 3 is 2.90 bits per heavy atom. The minimum absolute atomic E-state index is 0. The van der Waals surface area contributed by atoms with E-state index in [1.54, 1.807) is 0 Å². The number of ether oxygens (including phenoxy) is 1. The predicted octanol–water partition coefficient (Wildman–Crippen LogP) is 0.662. The lowest BCUT2D eigenvalue weighted by molar-refractivity contribution is 0.110. The average Bonchev–Trinajstić information content (AvgIpc) is 2.35. The van der Waals surface area contributed by atoms with Crippen molar-refractivity contribution in [2.24, 2.45) is 11.8 Å². The van der Waals surface area contributed by atoms with Crippen LogP contribution in [-0.4, -0.2) is 25.8 Å². The van der Waals surface area contributed by atoms with Gasteiger partial charge in [0.15, 0.2) is 0 Å². The van der Waals surface area contributed by atoms with Crippen LogP contribution in [0.2, 0.25) is 0 Å². The van der Waals surface area contributed by atoms with Gasteiger partial charge in [0.25, 0.3) is 0 Å². The molecule has 0 spiro atoms. The van der Waals surface area contributed by atoms with Gasteiger partial charge in [0, 0.05) is 25.6 Å². The molecule has 0 aromatic heterocycles. The molecule has 3 heteroatoms. The zero-order valence-corrected chi connectivity index (χ0v) is 6.99. The van der Waals surface area contributed by atoms with Crippen molar-refractivity contribution >= 4 is 12.4 Å². The summed E-state index contributed by atoms with van der Waals surface area (Å²) in [6.45, 7) is 5.51. The standard InChI is InChI=1S/C7H13NO.ClH/c1-5-4-9-7-3-8-2-6(5)7;/h5-8H,2-4H2,1H3;1H/t5-,6-,7-;/m0./s1. The smallest absolute Gasteiger partial charge is 0.0743 e. The molecule has 0 aromatic carbocycles. The van der Waals surface area contributed by atoms with Crippen molar-refractivity contribution in [3.63, 3.8) is 0 Å². The van der Waals surface area contributed by atoms with Gasteiger partial charge in [0.05, 0.1) is 6.10 Å². The Morgan fingerprint density at radius 1 is 1.40 bits per heavy atom. The third kappa shape index (κ3) is 1.16. The molecule has 0 radical (unpaired) electrons. The van der Waals surface area contributed by atoms with E-state index in [-0.39, 0.29) is 12.4 Å². The van der Waals surface area contributed by atoms with Crippen LogP contribution >= 0.6 is 12.4 Å². The maximum Gasteiger partial charge on any atom is 0.0743 e. The maximum absolute atomic E-state index is 5.53. The van der Waals surface area contributed by atoms with Gasteiger partial charge in [0.1, 0.15) is 0 Å². The minimum atomic E-state index is 0. The van der Waals surface area contributed by atoms with Gasteiger partial charge in [-0.25, -0.2) is 0 Å². The first-order valence-electron chi connectivity index (χ1n) is 3.70. The summed E-state index contributed by atoms with van der Waals surface area (Å²) in [5, 5.41) is 3.33. The minimum Gasteiger partial charge on any atom is -0.376 e. The van der Waals surface area contributed by atoms with Crippen LogP contribution in [0.1, 0.15) is 6.92 Å². The van der Waals surface area contributed by atoms with Crippen LogP contribution in [0, 0.1) is 11.8 Å². The number of fused-ring (bicyclic) bond motifs is 1. The summed E-state index contributed by atoms with van der Waals surface area (Å²) in [7, 11) is 0. The first-order valence-corrected chi connectivity index (χ1v) is 3.70. The van der Waals surface area contributed by atoms with E-state index in [0.717, 1.165) is 25.0 Å². The van der Waals surface area contributed by atoms with E-state index in [4.69, 9.17) is 4.74 Å². The molecule has 60 valence electrons. The molecule has 0 aliphatic carbocycles. The summed E-state index contributed by atoms with van der Waals surface area (Å²) in [6, 6.07) is 0. The molecule has 2 nitrogen and oxygen atoms in total. The topological polar surface area (TPSA) is 21.3 Å². The Hall–Kier alpha value is 0.210. The molecule has 1 N–H and O–H groups in total. The summed E-state index contributed by atoms with van der Waals surface area (Å²) < 4.78 is 5.53. The van der Waals surface area contributed by atoms with E-state index in [0.29, 0.717) is 6.10 Å². The Balaban J connectivity index is 0.000000500. The first-order chi connectivity index (χ1) is 4.38. The molecular formula is C7H14ClNO. The number of nitrogens with one attached hydrogen (secondary N) is 1.